The van der Waals surface area contributed by atoms with Gasteiger partial charge in [0.05, 0.1) is 19.8 Å². The maximum Gasteiger partial charge on any atom is 0.355 e. The molecular formula is C11H16N2O3S. The highest BCUT2D eigenvalue weighted by Gasteiger charge is 2.18. The Morgan fingerprint density at radius 3 is 2.76 bits per heavy atom. The number of thiazole rings is 1. The fourth-order valence-electron chi connectivity index (χ4n) is 1.83. The van der Waals surface area contributed by atoms with Gasteiger partial charge in [-0.3, -0.25) is 4.90 Å². The van der Waals surface area contributed by atoms with Gasteiger partial charge in [-0.05, 0) is 6.42 Å². The Labute approximate surface area is 104 Å². The van der Waals surface area contributed by atoms with E-state index >= 15 is 0 Å². The van der Waals surface area contributed by atoms with Crippen molar-refractivity contribution in [3.05, 3.63) is 15.6 Å². The summed E-state index contributed by atoms with van der Waals surface area (Å²) >= 11 is 1.51. The number of aryl methyl sites for hydroxylation is 1. The predicted octanol–water partition coefficient (Wildman–Crippen LogP) is 1.24. The van der Waals surface area contributed by atoms with Crippen LogP contribution in [0.3, 0.4) is 0 Å². The van der Waals surface area contributed by atoms with E-state index in [2.05, 4.69) is 9.88 Å². The first-order chi connectivity index (χ1) is 8.20. The lowest BCUT2D eigenvalue weighted by atomic mass is 10.3. The summed E-state index contributed by atoms with van der Waals surface area (Å²) in [6.07, 6.45) is 0.725. The first-order valence-electron chi connectivity index (χ1n) is 5.72. The summed E-state index contributed by atoms with van der Waals surface area (Å²) in [5.41, 5.74) is 0.223. The Kier molecular flexibility index (Phi) is 4.09. The summed E-state index contributed by atoms with van der Waals surface area (Å²) in [7, 11) is 0. The molecule has 0 unspecified atom stereocenters. The van der Waals surface area contributed by atoms with E-state index < -0.39 is 5.97 Å². The molecule has 1 fully saturated rings. The van der Waals surface area contributed by atoms with Crippen molar-refractivity contribution in [1.82, 2.24) is 9.88 Å². The smallest absolute Gasteiger partial charge is 0.355 e. The molecule has 1 aromatic rings. The van der Waals surface area contributed by atoms with Gasteiger partial charge in [-0.2, -0.15) is 0 Å². The van der Waals surface area contributed by atoms with Crippen molar-refractivity contribution in [2.24, 2.45) is 0 Å². The van der Waals surface area contributed by atoms with E-state index in [9.17, 15) is 4.79 Å². The zero-order valence-electron chi connectivity index (χ0n) is 9.81. The predicted molar refractivity (Wildman–Crippen MR) is 64.5 cm³/mol. The SMILES string of the molecule is CCc1sc(CN2CCOCC2)nc1C(=O)O. The molecule has 1 aliphatic rings. The Hall–Kier alpha value is -0.980. The van der Waals surface area contributed by atoms with Gasteiger partial charge in [0.2, 0.25) is 0 Å². The Bertz CT molecular complexity index is 399. The van der Waals surface area contributed by atoms with E-state index in [1.807, 2.05) is 6.92 Å². The van der Waals surface area contributed by atoms with Crippen molar-refractivity contribution >= 4 is 17.3 Å². The third-order valence-electron chi connectivity index (χ3n) is 2.73. The minimum Gasteiger partial charge on any atom is -0.476 e. The van der Waals surface area contributed by atoms with Crippen LogP contribution in [-0.4, -0.2) is 47.3 Å². The van der Waals surface area contributed by atoms with Gasteiger partial charge in [-0.1, -0.05) is 6.92 Å². The Morgan fingerprint density at radius 1 is 1.53 bits per heavy atom. The van der Waals surface area contributed by atoms with Gasteiger partial charge in [-0.15, -0.1) is 11.3 Å². The minimum atomic E-state index is -0.925. The summed E-state index contributed by atoms with van der Waals surface area (Å²) < 4.78 is 5.27. The third-order valence-corrected chi connectivity index (χ3v) is 3.91. The van der Waals surface area contributed by atoms with E-state index in [1.165, 1.54) is 11.3 Å². The zero-order chi connectivity index (χ0) is 12.3. The first kappa shape index (κ1) is 12.5. The van der Waals surface area contributed by atoms with E-state index in [-0.39, 0.29) is 5.69 Å². The van der Waals surface area contributed by atoms with Gasteiger partial charge >= 0.3 is 5.97 Å². The summed E-state index contributed by atoms with van der Waals surface area (Å²) in [5.74, 6) is -0.925. The molecule has 0 amide bonds. The van der Waals surface area contributed by atoms with Crippen LogP contribution in [-0.2, 0) is 17.7 Å². The van der Waals surface area contributed by atoms with E-state index in [1.54, 1.807) is 0 Å². The molecule has 0 spiro atoms. The molecule has 5 nitrogen and oxygen atoms in total. The summed E-state index contributed by atoms with van der Waals surface area (Å²) in [5, 5.41) is 9.92. The molecule has 1 aliphatic heterocycles. The third kappa shape index (κ3) is 3.02. The second kappa shape index (κ2) is 5.57. The average molecular weight is 256 g/mol. The number of aromatic nitrogens is 1. The summed E-state index contributed by atoms with van der Waals surface area (Å²) in [6, 6.07) is 0. The second-order valence-corrected chi connectivity index (χ2v) is 5.09. The van der Waals surface area contributed by atoms with Crippen LogP contribution in [0, 0.1) is 0 Å². The molecule has 94 valence electrons. The quantitative estimate of drug-likeness (QED) is 0.878. The van der Waals surface area contributed by atoms with Crippen molar-refractivity contribution in [3.63, 3.8) is 0 Å². The highest BCUT2D eigenvalue weighted by Crippen LogP contribution is 2.21. The van der Waals surface area contributed by atoms with Crippen LogP contribution in [0.5, 0.6) is 0 Å². The molecule has 1 aromatic heterocycles. The topological polar surface area (TPSA) is 62.7 Å². The molecule has 17 heavy (non-hydrogen) atoms. The molecule has 0 aliphatic carbocycles. The number of hydrogen-bond acceptors (Lipinski definition) is 5. The largest absolute Gasteiger partial charge is 0.476 e. The first-order valence-corrected chi connectivity index (χ1v) is 6.54. The van der Waals surface area contributed by atoms with Crippen molar-refractivity contribution in [2.75, 3.05) is 26.3 Å². The normalized spacial score (nSPS) is 17.2. The fraction of sp³-hybridized carbons (Fsp3) is 0.636. The van der Waals surface area contributed by atoms with E-state index in [4.69, 9.17) is 9.84 Å². The average Bonchev–Trinajstić information content (AvgIpc) is 2.73. The molecule has 1 N–H and O–H groups in total. The highest BCUT2D eigenvalue weighted by atomic mass is 32.1. The van der Waals surface area contributed by atoms with Gasteiger partial charge < -0.3 is 9.84 Å². The lowest BCUT2D eigenvalue weighted by Gasteiger charge is -2.25. The van der Waals surface area contributed by atoms with Crippen LogP contribution in [0.25, 0.3) is 0 Å². The van der Waals surface area contributed by atoms with Crippen molar-refractivity contribution in [2.45, 2.75) is 19.9 Å². The number of ether oxygens (including phenoxy) is 1. The van der Waals surface area contributed by atoms with Crippen LogP contribution in [0.15, 0.2) is 0 Å². The molecule has 2 rings (SSSR count). The Morgan fingerprint density at radius 2 is 2.24 bits per heavy atom. The van der Waals surface area contributed by atoms with Crippen molar-refractivity contribution < 1.29 is 14.6 Å². The van der Waals surface area contributed by atoms with Gasteiger partial charge in [0.15, 0.2) is 5.69 Å². The number of nitrogens with zero attached hydrogens (tertiary/aromatic N) is 2. The molecule has 2 heterocycles. The lowest BCUT2D eigenvalue weighted by molar-refractivity contribution is 0.0341. The lowest BCUT2D eigenvalue weighted by Crippen LogP contribution is -2.35. The van der Waals surface area contributed by atoms with Crippen LogP contribution in [0.4, 0.5) is 0 Å². The molecular weight excluding hydrogens is 240 g/mol. The molecule has 0 atom stereocenters. The van der Waals surface area contributed by atoms with Crippen LogP contribution < -0.4 is 0 Å². The number of carboxylic acid groups (broad SMARTS) is 1. The molecule has 0 bridgehead atoms. The molecule has 0 saturated carbocycles. The number of hydrogen-bond donors (Lipinski definition) is 1. The number of carbonyl (C=O) groups is 1. The number of rotatable bonds is 4. The standard InChI is InChI=1S/C11H16N2O3S/c1-2-8-10(11(14)15)12-9(17-8)7-13-3-5-16-6-4-13/h2-7H2,1H3,(H,14,15). The van der Waals surface area contributed by atoms with Crippen LogP contribution in [0.1, 0.15) is 27.3 Å². The minimum absolute atomic E-state index is 0.223. The fourth-order valence-corrected chi connectivity index (χ4v) is 2.87. The maximum absolute atomic E-state index is 11.0. The van der Waals surface area contributed by atoms with Gasteiger partial charge in [-0.25, -0.2) is 9.78 Å². The van der Waals surface area contributed by atoms with Crippen molar-refractivity contribution in [3.8, 4) is 0 Å². The molecule has 0 radical (unpaired) electrons. The van der Waals surface area contributed by atoms with E-state index in [0.717, 1.165) is 49.2 Å². The number of morpholine rings is 1. The van der Waals surface area contributed by atoms with Crippen molar-refractivity contribution in [1.29, 1.82) is 0 Å². The monoisotopic (exact) mass is 256 g/mol. The Balaban J connectivity index is 2.07. The molecule has 6 heteroatoms. The van der Waals surface area contributed by atoms with E-state index in [0.29, 0.717) is 0 Å². The van der Waals surface area contributed by atoms with Gasteiger partial charge in [0.25, 0.3) is 0 Å². The summed E-state index contributed by atoms with van der Waals surface area (Å²) in [4.78, 5) is 18.3. The van der Waals surface area contributed by atoms with Crippen LogP contribution >= 0.6 is 11.3 Å². The van der Waals surface area contributed by atoms with Gasteiger partial charge in [0, 0.05) is 18.0 Å². The van der Waals surface area contributed by atoms with Crippen LogP contribution in [0.2, 0.25) is 0 Å². The molecule has 1 saturated heterocycles. The highest BCUT2D eigenvalue weighted by molar-refractivity contribution is 7.11. The zero-order valence-corrected chi connectivity index (χ0v) is 10.6. The molecule has 0 aromatic carbocycles. The number of carboxylic acids is 1. The maximum atomic E-state index is 11.0. The number of aromatic carboxylic acids is 1. The van der Waals surface area contributed by atoms with Gasteiger partial charge in [0.1, 0.15) is 5.01 Å². The summed E-state index contributed by atoms with van der Waals surface area (Å²) in [6.45, 7) is 5.97. The second-order valence-electron chi connectivity index (χ2n) is 3.93.